The van der Waals surface area contributed by atoms with E-state index in [0.717, 1.165) is 5.92 Å². The lowest BCUT2D eigenvalue weighted by molar-refractivity contribution is 0.165. The molecule has 2 unspecified atom stereocenters. The fourth-order valence-corrected chi connectivity index (χ4v) is 1.02. The lowest BCUT2D eigenvalue weighted by Crippen LogP contribution is -2.02. The summed E-state index contributed by atoms with van der Waals surface area (Å²) < 4.78 is 0. The van der Waals surface area contributed by atoms with Gasteiger partial charge in [-0.3, -0.25) is 0 Å². The summed E-state index contributed by atoms with van der Waals surface area (Å²) in [5.74, 6) is 1.42. The maximum Gasteiger partial charge on any atom is 0.0542 e. The van der Waals surface area contributed by atoms with Gasteiger partial charge in [0.1, 0.15) is 0 Å². The Kier molecular flexibility index (Phi) is 1.08. The van der Waals surface area contributed by atoms with Crippen LogP contribution in [0.25, 0.3) is 0 Å². The van der Waals surface area contributed by atoms with Crippen molar-refractivity contribution >= 4 is 0 Å². The summed E-state index contributed by atoms with van der Waals surface area (Å²) in [5, 5.41) is 8.86. The van der Waals surface area contributed by atoms with Crippen LogP contribution >= 0.6 is 0 Å². The summed E-state index contributed by atoms with van der Waals surface area (Å²) >= 11 is 0. The molecule has 3 atom stereocenters. The van der Waals surface area contributed by atoms with Crippen LogP contribution in [0.1, 0.15) is 20.3 Å². The van der Waals surface area contributed by atoms with E-state index in [9.17, 15) is 0 Å². The van der Waals surface area contributed by atoms with Crippen LogP contribution in [0.15, 0.2) is 0 Å². The van der Waals surface area contributed by atoms with Gasteiger partial charge in [0, 0.05) is 0 Å². The number of hydrogen-bond acceptors (Lipinski definition) is 1. The van der Waals surface area contributed by atoms with Gasteiger partial charge in [0.2, 0.25) is 0 Å². The molecule has 1 aliphatic rings. The van der Waals surface area contributed by atoms with Gasteiger partial charge in [-0.1, -0.05) is 6.92 Å². The van der Waals surface area contributed by atoms with Gasteiger partial charge < -0.3 is 5.11 Å². The zero-order valence-corrected chi connectivity index (χ0v) is 4.89. The Morgan fingerprint density at radius 3 is 2.14 bits per heavy atom. The minimum atomic E-state index is -0.0602. The summed E-state index contributed by atoms with van der Waals surface area (Å²) in [6.45, 7) is 4.05. The van der Waals surface area contributed by atoms with Gasteiger partial charge in [-0.2, -0.15) is 0 Å². The van der Waals surface area contributed by atoms with Gasteiger partial charge in [-0.25, -0.2) is 0 Å². The predicted octanol–water partition coefficient (Wildman–Crippen LogP) is 1.02. The van der Waals surface area contributed by atoms with E-state index in [1.165, 1.54) is 6.42 Å². The molecule has 0 spiro atoms. The molecule has 0 aromatic rings. The Bertz CT molecular complexity index is 68.6. The van der Waals surface area contributed by atoms with Crippen molar-refractivity contribution in [3.05, 3.63) is 0 Å². The van der Waals surface area contributed by atoms with E-state index in [1.54, 1.807) is 0 Å². The van der Waals surface area contributed by atoms with Crippen molar-refractivity contribution in [2.24, 2.45) is 11.8 Å². The molecular weight excluding hydrogens is 88.1 g/mol. The summed E-state index contributed by atoms with van der Waals surface area (Å²) in [5.41, 5.74) is 0. The van der Waals surface area contributed by atoms with E-state index >= 15 is 0 Å². The smallest absolute Gasteiger partial charge is 0.0542 e. The Hall–Kier alpha value is -0.0400. The Labute approximate surface area is 44.4 Å². The minimum absolute atomic E-state index is 0.0602. The third kappa shape index (κ3) is 0.942. The molecule has 0 heterocycles. The van der Waals surface area contributed by atoms with Gasteiger partial charge in [-0.05, 0) is 25.2 Å². The highest BCUT2D eigenvalue weighted by Crippen LogP contribution is 2.40. The van der Waals surface area contributed by atoms with E-state index < -0.39 is 0 Å². The predicted molar refractivity (Wildman–Crippen MR) is 29.0 cm³/mol. The minimum Gasteiger partial charge on any atom is -0.393 e. The zero-order valence-electron chi connectivity index (χ0n) is 4.89. The SMILES string of the molecule is CC1CC1[C@H](C)O. The molecule has 0 saturated heterocycles. The van der Waals surface area contributed by atoms with Crippen molar-refractivity contribution < 1.29 is 5.11 Å². The number of aliphatic hydroxyl groups excluding tert-OH is 1. The van der Waals surface area contributed by atoms with Crippen LogP contribution in [0.4, 0.5) is 0 Å². The van der Waals surface area contributed by atoms with Gasteiger partial charge >= 0.3 is 0 Å². The second kappa shape index (κ2) is 1.48. The molecule has 1 N–H and O–H groups in total. The molecule has 1 nitrogen and oxygen atoms in total. The van der Waals surface area contributed by atoms with Crippen molar-refractivity contribution in [2.45, 2.75) is 26.4 Å². The van der Waals surface area contributed by atoms with Crippen LogP contribution in [0.5, 0.6) is 0 Å². The standard InChI is InChI=1S/C6H12O/c1-4-3-6(4)5(2)7/h4-7H,3H2,1-2H3/t4?,5-,6?/m0/s1. The van der Waals surface area contributed by atoms with Crippen LogP contribution in [0.3, 0.4) is 0 Å². The maximum atomic E-state index is 8.86. The Morgan fingerprint density at radius 1 is 1.71 bits per heavy atom. The molecule has 0 aromatic heterocycles. The summed E-state index contributed by atoms with van der Waals surface area (Å²) in [7, 11) is 0. The average molecular weight is 100 g/mol. The van der Waals surface area contributed by atoms with Crippen LogP contribution in [-0.4, -0.2) is 11.2 Å². The van der Waals surface area contributed by atoms with Gasteiger partial charge in [0.05, 0.1) is 6.10 Å². The fraction of sp³-hybridized carbons (Fsp3) is 1.00. The first kappa shape index (κ1) is 5.10. The van der Waals surface area contributed by atoms with Crippen molar-refractivity contribution in [1.82, 2.24) is 0 Å². The normalized spacial score (nSPS) is 43.3. The van der Waals surface area contributed by atoms with E-state index in [4.69, 9.17) is 5.11 Å². The molecule has 7 heavy (non-hydrogen) atoms. The third-order valence-electron chi connectivity index (χ3n) is 1.79. The van der Waals surface area contributed by atoms with Crippen molar-refractivity contribution in [3.63, 3.8) is 0 Å². The first-order chi connectivity index (χ1) is 3.22. The zero-order chi connectivity index (χ0) is 5.44. The van der Waals surface area contributed by atoms with Crippen LogP contribution in [0.2, 0.25) is 0 Å². The number of aliphatic hydroxyl groups is 1. The van der Waals surface area contributed by atoms with E-state index in [1.807, 2.05) is 6.92 Å². The molecule has 42 valence electrons. The molecule has 0 radical (unpaired) electrons. The largest absolute Gasteiger partial charge is 0.393 e. The number of rotatable bonds is 1. The highest BCUT2D eigenvalue weighted by molar-refractivity contribution is 4.85. The Balaban J connectivity index is 2.20. The summed E-state index contributed by atoms with van der Waals surface area (Å²) in [4.78, 5) is 0. The topological polar surface area (TPSA) is 20.2 Å². The highest BCUT2D eigenvalue weighted by Gasteiger charge is 2.35. The molecule has 0 amide bonds. The first-order valence-corrected chi connectivity index (χ1v) is 2.90. The van der Waals surface area contributed by atoms with Gasteiger partial charge in [0.15, 0.2) is 0 Å². The molecule has 0 aromatic carbocycles. The average Bonchev–Trinajstić information content (AvgIpc) is 2.17. The van der Waals surface area contributed by atoms with Gasteiger partial charge in [0.25, 0.3) is 0 Å². The lowest BCUT2D eigenvalue weighted by Gasteiger charge is -1.96. The van der Waals surface area contributed by atoms with Crippen LogP contribution < -0.4 is 0 Å². The van der Waals surface area contributed by atoms with Crippen molar-refractivity contribution in [3.8, 4) is 0 Å². The third-order valence-corrected chi connectivity index (χ3v) is 1.79. The molecule has 1 heteroatoms. The molecule has 1 aliphatic carbocycles. The second-order valence-corrected chi connectivity index (χ2v) is 2.62. The molecule has 1 saturated carbocycles. The van der Waals surface area contributed by atoms with Crippen molar-refractivity contribution in [2.75, 3.05) is 0 Å². The first-order valence-electron chi connectivity index (χ1n) is 2.90. The second-order valence-electron chi connectivity index (χ2n) is 2.62. The summed E-state index contributed by atoms with van der Waals surface area (Å²) in [6.07, 6.45) is 1.17. The lowest BCUT2D eigenvalue weighted by atomic mass is 10.2. The maximum absolute atomic E-state index is 8.86. The molecular formula is C6H12O. The molecule has 1 fully saturated rings. The highest BCUT2D eigenvalue weighted by atomic mass is 16.3. The van der Waals surface area contributed by atoms with E-state index in [2.05, 4.69) is 6.92 Å². The Morgan fingerprint density at radius 2 is 2.14 bits per heavy atom. The number of hydrogen-bond donors (Lipinski definition) is 1. The quantitative estimate of drug-likeness (QED) is 0.521. The van der Waals surface area contributed by atoms with Crippen molar-refractivity contribution in [1.29, 1.82) is 0 Å². The molecule has 0 aliphatic heterocycles. The molecule has 1 rings (SSSR count). The molecule has 0 bridgehead atoms. The monoisotopic (exact) mass is 100 g/mol. The van der Waals surface area contributed by atoms with Gasteiger partial charge in [-0.15, -0.1) is 0 Å². The fourth-order valence-electron chi connectivity index (χ4n) is 1.02. The van der Waals surface area contributed by atoms with Crippen LogP contribution in [-0.2, 0) is 0 Å². The van der Waals surface area contributed by atoms with E-state index in [-0.39, 0.29) is 6.10 Å². The summed E-state index contributed by atoms with van der Waals surface area (Å²) in [6, 6.07) is 0. The van der Waals surface area contributed by atoms with E-state index in [0.29, 0.717) is 5.92 Å². The van der Waals surface area contributed by atoms with Crippen LogP contribution in [0, 0.1) is 11.8 Å².